The van der Waals surface area contributed by atoms with Crippen molar-refractivity contribution >= 4 is 10.8 Å². The molecule has 0 bridgehead atoms. The first-order valence-corrected chi connectivity index (χ1v) is 8.99. The zero-order valence-electron chi connectivity index (χ0n) is 14.9. The summed E-state index contributed by atoms with van der Waals surface area (Å²) in [4.78, 5) is 0. The van der Waals surface area contributed by atoms with Gasteiger partial charge in [-0.3, -0.25) is 0 Å². The monoisotopic (exact) mass is 376 g/mol. The van der Waals surface area contributed by atoms with Gasteiger partial charge in [0.1, 0.15) is 0 Å². The highest BCUT2D eigenvalue weighted by Crippen LogP contribution is 2.33. The van der Waals surface area contributed by atoms with Crippen molar-refractivity contribution in [3.63, 3.8) is 0 Å². The van der Waals surface area contributed by atoms with Crippen LogP contribution in [0.3, 0.4) is 0 Å². The summed E-state index contributed by atoms with van der Waals surface area (Å²) in [5, 5.41) is 0.264. The first-order valence-electron chi connectivity index (χ1n) is 8.99. The number of allylic oxidation sites excluding steroid dienone is 2. The number of ether oxygens (including phenoxy) is 1. The normalized spacial score (nSPS) is 20.1. The van der Waals surface area contributed by atoms with Crippen molar-refractivity contribution in [1.82, 2.24) is 0 Å². The second-order valence-electron chi connectivity index (χ2n) is 6.69. The van der Waals surface area contributed by atoms with Gasteiger partial charge in [-0.15, -0.1) is 0 Å². The number of alkyl halides is 2. The Bertz CT molecular complexity index is 900. The van der Waals surface area contributed by atoms with Crippen LogP contribution >= 0.6 is 0 Å². The average Bonchev–Trinajstić information content (AvgIpc) is 2.65. The van der Waals surface area contributed by atoms with Crippen LogP contribution in [0.4, 0.5) is 17.6 Å². The lowest BCUT2D eigenvalue weighted by Crippen LogP contribution is -2.11. The van der Waals surface area contributed by atoms with E-state index in [-0.39, 0.29) is 16.7 Å². The third kappa shape index (κ3) is 4.44. The summed E-state index contributed by atoms with van der Waals surface area (Å²) in [7, 11) is 0. The Kier molecular flexibility index (Phi) is 6.05. The number of rotatable bonds is 3. The van der Waals surface area contributed by atoms with E-state index in [0.29, 0.717) is 11.5 Å². The lowest BCUT2D eigenvalue weighted by atomic mass is 9.82. The maximum absolute atomic E-state index is 14.4. The van der Waals surface area contributed by atoms with Gasteiger partial charge < -0.3 is 4.74 Å². The molecular weight excluding hydrogens is 356 g/mol. The van der Waals surface area contributed by atoms with E-state index in [0.717, 1.165) is 31.7 Å². The highest BCUT2D eigenvalue weighted by Gasteiger charge is 2.20. The molecule has 1 saturated carbocycles. The van der Waals surface area contributed by atoms with Gasteiger partial charge >= 0.3 is 6.61 Å². The van der Waals surface area contributed by atoms with E-state index in [2.05, 4.69) is 28.7 Å². The van der Waals surface area contributed by atoms with Gasteiger partial charge in [0.25, 0.3) is 0 Å². The summed E-state index contributed by atoms with van der Waals surface area (Å²) in [6.45, 7) is -1.28. The Balaban J connectivity index is 1.89. The van der Waals surface area contributed by atoms with Crippen LogP contribution in [0, 0.1) is 35.3 Å². The Morgan fingerprint density at radius 2 is 1.85 bits per heavy atom. The van der Waals surface area contributed by atoms with Crippen LogP contribution in [-0.2, 0) is 0 Å². The summed E-state index contributed by atoms with van der Waals surface area (Å²) in [6, 6.07) is 5.65. The van der Waals surface area contributed by atoms with Crippen molar-refractivity contribution in [2.45, 2.75) is 39.2 Å². The van der Waals surface area contributed by atoms with Crippen molar-refractivity contribution in [2.24, 2.45) is 11.8 Å². The Morgan fingerprint density at radius 1 is 1.11 bits per heavy atom. The van der Waals surface area contributed by atoms with Crippen LogP contribution < -0.4 is 4.74 Å². The fourth-order valence-electron chi connectivity index (χ4n) is 3.55. The van der Waals surface area contributed by atoms with Crippen LogP contribution in [0.5, 0.6) is 5.75 Å². The molecule has 0 aliphatic heterocycles. The molecule has 0 unspecified atom stereocenters. The van der Waals surface area contributed by atoms with Gasteiger partial charge in [0.2, 0.25) is 0 Å². The molecule has 0 aromatic heterocycles. The van der Waals surface area contributed by atoms with Crippen LogP contribution in [0.15, 0.2) is 36.4 Å². The second kappa shape index (κ2) is 8.47. The number of hydrogen-bond donors (Lipinski definition) is 0. The fraction of sp³-hybridized carbons (Fsp3) is 0.364. The van der Waals surface area contributed by atoms with Gasteiger partial charge in [0.15, 0.2) is 17.4 Å². The van der Waals surface area contributed by atoms with Crippen LogP contribution in [0.1, 0.15) is 38.2 Å². The van der Waals surface area contributed by atoms with Gasteiger partial charge in [-0.05, 0) is 50.7 Å². The van der Waals surface area contributed by atoms with E-state index in [9.17, 15) is 17.6 Å². The molecule has 0 amide bonds. The average molecular weight is 376 g/mol. The van der Waals surface area contributed by atoms with E-state index >= 15 is 0 Å². The molecule has 5 heteroatoms. The second-order valence-corrected chi connectivity index (χ2v) is 6.69. The van der Waals surface area contributed by atoms with E-state index < -0.39 is 24.0 Å². The topological polar surface area (TPSA) is 9.23 Å². The first-order chi connectivity index (χ1) is 13.0. The third-order valence-electron chi connectivity index (χ3n) is 4.88. The van der Waals surface area contributed by atoms with Crippen LogP contribution in [0.25, 0.3) is 10.8 Å². The van der Waals surface area contributed by atoms with Gasteiger partial charge in [-0.1, -0.05) is 36.1 Å². The molecule has 1 aliphatic carbocycles. The number of halogens is 4. The Hall–Kier alpha value is -2.48. The standard InChI is InChI=1S/C22H20F4O/c1-2-4-14-7-9-15(10-8-14)11-12-16-5-3-6-17-18(16)13-19(23)21(20(17)24)27-22(25)26/h2-6,13-15,22H,7-10H2,1H3/b4-2+. The van der Waals surface area contributed by atoms with Gasteiger partial charge in [-0.25, -0.2) is 8.78 Å². The predicted octanol–water partition coefficient (Wildman–Crippen LogP) is 6.45. The molecule has 0 atom stereocenters. The predicted molar refractivity (Wildman–Crippen MR) is 97.6 cm³/mol. The summed E-state index contributed by atoms with van der Waals surface area (Å²) >= 11 is 0. The van der Waals surface area contributed by atoms with E-state index in [1.807, 2.05) is 6.92 Å². The molecule has 1 aliphatic rings. The zero-order valence-corrected chi connectivity index (χ0v) is 14.9. The molecule has 3 rings (SSSR count). The highest BCUT2D eigenvalue weighted by molar-refractivity contribution is 5.90. The molecule has 2 aromatic carbocycles. The maximum atomic E-state index is 14.4. The summed E-state index contributed by atoms with van der Waals surface area (Å²) in [5.74, 6) is 3.72. The summed E-state index contributed by atoms with van der Waals surface area (Å²) in [5.41, 5.74) is 0.476. The minimum Gasteiger partial charge on any atom is -0.429 e. The minimum absolute atomic E-state index is 0.00985. The van der Waals surface area contributed by atoms with E-state index in [1.165, 1.54) is 6.07 Å². The molecule has 0 radical (unpaired) electrons. The summed E-state index contributed by atoms with van der Waals surface area (Å²) in [6.07, 6.45) is 8.43. The highest BCUT2D eigenvalue weighted by atomic mass is 19.3. The number of fused-ring (bicyclic) bond motifs is 1. The molecule has 0 saturated heterocycles. The van der Waals surface area contributed by atoms with E-state index in [1.54, 1.807) is 12.1 Å². The minimum atomic E-state index is -3.30. The van der Waals surface area contributed by atoms with Gasteiger partial charge in [0, 0.05) is 22.3 Å². The SMILES string of the molecule is C/C=C/C1CCC(C#Cc2cccc3c(F)c(OC(F)F)c(F)cc23)CC1. The smallest absolute Gasteiger partial charge is 0.387 e. The molecular formula is C22H20F4O. The molecule has 27 heavy (non-hydrogen) atoms. The van der Waals surface area contributed by atoms with Crippen LogP contribution in [0.2, 0.25) is 0 Å². The third-order valence-corrected chi connectivity index (χ3v) is 4.88. The van der Waals surface area contributed by atoms with Crippen molar-refractivity contribution in [3.8, 4) is 17.6 Å². The number of hydrogen-bond acceptors (Lipinski definition) is 1. The molecule has 2 aromatic rings. The maximum Gasteiger partial charge on any atom is 0.387 e. The molecule has 142 valence electrons. The number of benzene rings is 2. The Morgan fingerprint density at radius 3 is 2.52 bits per heavy atom. The quantitative estimate of drug-likeness (QED) is 0.340. The lowest BCUT2D eigenvalue weighted by molar-refractivity contribution is -0.0544. The fourth-order valence-corrected chi connectivity index (χ4v) is 3.55. The van der Waals surface area contributed by atoms with Gasteiger partial charge in [0.05, 0.1) is 0 Å². The largest absolute Gasteiger partial charge is 0.429 e. The van der Waals surface area contributed by atoms with Gasteiger partial charge in [-0.2, -0.15) is 8.78 Å². The van der Waals surface area contributed by atoms with Crippen LogP contribution in [-0.4, -0.2) is 6.61 Å². The summed E-state index contributed by atoms with van der Waals surface area (Å²) < 4.78 is 57.3. The Labute approximate surface area is 156 Å². The molecule has 1 nitrogen and oxygen atoms in total. The van der Waals surface area contributed by atoms with E-state index in [4.69, 9.17) is 0 Å². The van der Waals surface area contributed by atoms with Crippen molar-refractivity contribution in [3.05, 3.63) is 53.6 Å². The lowest BCUT2D eigenvalue weighted by Gasteiger charge is -2.23. The van der Waals surface area contributed by atoms with Crippen molar-refractivity contribution in [2.75, 3.05) is 0 Å². The van der Waals surface area contributed by atoms with Crippen molar-refractivity contribution in [1.29, 1.82) is 0 Å². The molecule has 0 spiro atoms. The van der Waals surface area contributed by atoms with Crippen molar-refractivity contribution < 1.29 is 22.3 Å². The molecule has 0 N–H and O–H groups in total. The molecule has 1 fully saturated rings. The zero-order chi connectivity index (χ0) is 19.4. The molecule has 0 heterocycles. The first kappa shape index (κ1) is 19.3.